The molecule has 2 fully saturated rings. The summed E-state index contributed by atoms with van der Waals surface area (Å²) in [5.41, 5.74) is 8.02. The highest BCUT2D eigenvalue weighted by atomic mass is 35.5. The van der Waals surface area contributed by atoms with Crippen LogP contribution >= 0.6 is 11.6 Å². The van der Waals surface area contributed by atoms with Gasteiger partial charge in [0, 0.05) is 53.0 Å². The molecule has 9 heteroatoms. The lowest BCUT2D eigenvalue weighted by molar-refractivity contribution is -0.384. The normalized spacial score (nSPS) is 20.5. The molecule has 2 saturated carbocycles. The predicted molar refractivity (Wildman–Crippen MR) is 140 cm³/mol. The number of non-ortho nitro benzene ring substituents is 1. The third-order valence-corrected chi connectivity index (χ3v) is 7.77. The van der Waals surface area contributed by atoms with Gasteiger partial charge in [-0.1, -0.05) is 43.7 Å². The molecule has 2 unspecified atom stereocenters. The molecule has 2 aliphatic carbocycles. The molecule has 2 aliphatic rings. The molecule has 0 heterocycles. The summed E-state index contributed by atoms with van der Waals surface area (Å²) in [6.07, 6.45) is 9.06. The number of nitrogens with one attached hydrogen (secondary N) is 1. The maximum Gasteiger partial charge on any atom is 0.269 e. The van der Waals surface area contributed by atoms with Gasteiger partial charge in [0.25, 0.3) is 11.6 Å². The number of benzene rings is 2. The van der Waals surface area contributed by atoms with Crippen molar-refractivity contribution >= 4 is 34.8 Å². The Kier molecular flexibility index (Phi) is 8.59. The standard InChI is InChI=1S/C27H33ClN4O4/c28-23-15-12-21(30-26(33)18-10-13-22(14-11-18)32(35)36)16-20(23)17-31(25-9-5-4-8-24(25)29)27(34)19-6-2-1-3-7-19/h10-16,19,24-25H,1-9,17,29H2,(H,30,33). The van der Waals surface area contributed by atoms with Gasteiger partial charge in [0.2, 0.25) is 5.91 Å². The Hall–Kier alpha value is -2.97. The smallest absolute Gasteiger partial charge is 0.269 e. The van der Waals surface area contributed by atoms with Gasteiger partial charge >= 0.3 is 0 Å². The highest BCUT2D eigenvalue weighted by Gasteiger charge is 2.35. The van der Waals surface area contributed by atoms with Crippen molar-refractivity contribution in [2.24, 2.45) is 11.7 Å². The van der Waals surface area contributed by atoms with Crippen molar-refractivity contribution in [2.45, 2.75) is 76.4 Å². The third kappa shape index (κ3) is 6.23. The molecule has 4 rings (SSSR count). The van der Waals surface area contributed by atoms with Crippen LogP contribution in [0.4, 0.5) is 11.4 Å². The van der Waals surface area contributed by atoms with E-state index in [2.05, 4.69) is 5.32 Å². The minimum absolute atomic E-state index is 0.0247. The summed E-state index contributed by atoms with van der Waals surface area (Å²) in [5, 5.41) is 14.2. The Morgan fingerprint density at radius 1 is 1.00 bits per heavy atom. The van der Waals surface area contributed by atoms with Crippen LogP contribution in [-0.4, -0.2) is 33.7 Å². The first-order chi connectivity index (χ1) is 17.3. The molecule has 0 saturated heterocycles. The second-order valence-electron chi connectivity index (χ2n) is 9.88. The van der Waals surface area contributed by atoms with Crippen LogP contribution in [0.1, 0.15) is 73.7 Å². The molecule has 2 aromatic rings. The van der Waals surface area contributed by atoms with Gasteiger partial charge in [-0.2, -0.15) is 0 Å². The zero-order valence-corrected chi connectivity index (χ0v) is 21.1. The lowest BCUT2D eigenvalue weighted by atomic mass is 9.85. The Labute approximate surface area is 216 Å². The predicted octanol–water partition coefficient (Wildman–Crippen LogP) is 5.68. The molecule has 0 spiro atoms. The van der Waals surface area contributed by atoms with Crippen LogP contribution < -0.4 is 11.1 Å². The number of amides is 2. The maximum atomic E-state index is 13.7. The van der Waals surface area contributed by atoms with Gasteiger partial charge in [-0.05, 0) is 61.6 Å². The van der Waals surface area contributed by atoms with E-state index in [1.54, 1.807) is 18.2 Å². The van der Waals surface area contributed by atoms with Crippen LogP contribution in [0.5, 0.6) is 0 Å². The molecule has 192 valence electrons. The van der Waals surface area contributed by atoms with Crippen LogP contribution in [0.15, 0.2) is 42.5 Å². The van der Waals surface area contributed by atoms with E-state index in [0.717, 1.165) is 56.9 Å². The largest absolute Gasteiger partial charge is 0.334 e. The van der Waals surface area contributed by atoms with Gasteiger partial charge in [-0.25, -0.2) is 0 Å². The summed E-state index contributed by atoms with van der Waals surface area (Å²) in [5.74, 6) is -0.201. The molecule has 8 nitrogen and oxygen atoms in total. The first-order valence-corrected chi connectivity index (χ1v) is 13.1. The maximum absolute atomic E-state index is 13.7. The number of nitro groups is 1. The molecule has 0 aliphatic heterocycles. The van der Waals surface area contributed by atoms with Gasteiger partial charge < -0.3 is 16.0 Å². The van der Waals surface area contributed by atoms with E-state index in [0.29, 0.717) is 22.8 Å². The molecule has 0 radical (unpaired) electrons. The lowest BCUT2D eigenvalue weighted by Gasteiger charge is -2.41. The van der Waals surface area contributed by atoms with Crippen LogP contribution in [0, 0.1) is 16.0 Å². The summed E-state index contributed by atoms with van der Waals surface area (Å²) in [6, 6.07) is 10.5. The van der Waals surface area contributed by atoms with Crippen molar-refractivity contribution in [1.82, 2.24) is 4.90 Å². The Bertz CT molecular complexity index is 1100. The van der Waals surface area contributed by atoms with Crippen molar-refractivity contribution in [3.63, 3.8) is 0 Å². The zero-order chi connectivity index (χ0) is 25.7. The number of nitrogens with zero attached hydrogens (tertiary/aromatic N) is 2. The Morgan fingerprint density at radius 2 is 1.67 bits per heavy atom. The number of anilines is 1. The van der Waals surface area contributed by atoms with Gasteiger partial charge in [-0.15, -0.1) is 0 Å². The number of hydrogen-bond acceptors (Lipinski definition) is 5. The molecular formula is C27H33ClN4O4. The van der Waals surface area contributed by atoms with E-state index in [9.17, 15) is 19.7 Å². The van der Waals surface area contributed by atoms with E-state index in [1.165, 1.54) is 30.7 Å². The number of nitro benzene ring substituents is 1. The first kappa shape index (κ1) is 26.1. The van der Waals surface area contributed by atoms with Crippen molar-refractivity contribution in [1.29, 1.82) is 0 Å². The zero-order valence-electron chi connectivity index (χ0n) is 20.3. The highest BCUT2D eigenvalue weighted by molar-refractivity contribution is 6.31. The van der Waals surface area contributed by atoms with Crippen LogP contribution in [0.25, 0.3) is 0 Å². The van der Waals surface area contributed by atoms with Gasteiger partial charge in [-0.3, -0.25) is 19.7 Å². The molecule has 2 amide bonds. The van der Waals surface area contributed by atoms with Crippen molar-refractivity contribution in [3.8, 4) is 0 Å². The number of hydrogen-bond donors (Lipinski definition) is 2. The van der Waals surface area contributed by atoms with Crippen molar-refractivity contribution in [3.05, 3.63) is 68.7 Å². The van der Waals surface area contributed by atoms with E-state index in [1.807, 2.05) is 4.90 Å². The number of carbonyl (C=O) groups is 2. The summed E-state index contributed by atoms with van der Waals surface area (Å²) in [7, 11) is 0. The van der Waals surface area contributed by atoms with E-state index in [-0.39, 0.29) is 35.5 Å². The molecule has 36 heavy (non-hydrogen) atoms. The topological polar surface area (TPSA) is 119 Å². The average molecular weight is 513 g/mol. The van der Waals surface area contributed by atoms with E-state index < -0.39 is 4.92 Å². The van der Waals surface area contributed by atoms with Crippen LogP contribution in [0.3, 0.4) is 0 Å². The summed E-state index contributed by atoms with van der Waals surface area (Å²) >= 11 is 6.56. The summed E-state index contributed by atoms with van der Waals surface area (Å²) < 4.78 is 0. The Balaban J connectivity index is 1.54. The molecular weight excluding hydrogens is 480 g/mol. The van der Waals surface area contributed by atoms with Crippen molar-refractivity contribution in [2.75, 3.05) is 5.32 Å². The van der Waals surface area contributed by atoms with E-state index in [4.69, 9.17) is 17.3 Å². The SMILES string of the molecule is NC1CCCCC1N(Cc1cc(NC(=O)c2ccc([N+](=O)[O-])cc2)ccc1Cl)C(=O)C1CCCCC1. The van der Waals surface area contributed by atoms with Crippen molar-refractivity contribution < 1.29 is 14.5 Å². The minimum atomic E-state index is -0.508. The summed E-state index contributed by atoms with van der Waals surface area (Å²) in [4.78, 5) is 38.7. The first-order valence-electron chi connectivity index (χ1n) is 12.7. The molecule has 3 N–H and O–H groups in total. The molecule has 2 atom stereocenters. The number of nitrogens with two attached hydrogens (primary N) is 1. The molecule has 2 aromatic carbocycles. The van der Waals surface area contributed by atoms with Gasteiger partial charge in [0.15, 0.2) is 0 Å². The van der Waals surface area contributed by atoms with Gasteiger partial charge in [0.05, 0.1) is 4.92 Å². The molecule has 0 bridgehead atoms. The van der Waals surface area contributed by atoms with E-state index >= 15 is 0 Å². The molecule has 0 aromatic heterocycles. The fourth-order valence-corrected chi connectivity index (χ4v) is 5.54. The third-order valence-electron chi connectivity index (χ3n) is 7.40. The highest BCUT2D eigenvalue weighted by Crippen LogP contribution is 2.32. The summed E-state index contributed by atoms with van der Waals surface area (Å²) in [6.45, 7) is 0.341. The lowest BCUT2D eigenvalue weighted by Crippen LogP contribution is -2.53. The second kappa shape index (κ2) is 11.8. The van der Waals surface area contributed by atoms with Crippen LogP contribution in [-0.2, 0) is 11.3 Å². The second-order valence-corrected chi connectivity index (χ2v) is 10.3. The van der Waals surface area contributed by atoms with Crippen LogP contribution in [0.2, 0.25) is 5.02 Å². The monoisotopic (exact) mass is 512 g/mol. The number of rotatable bonds is 7. The average Bonchev–Trinajstić information content (AvgIpc) is 2.89. The fourth-order valence-electron chi connectivity index (χ4n) is 5.36. The Morgan fingerprint density at radius 3 is 2.33 bits per heavy atom. The quantitative estimate of drug-likeness (QED) is 0.365. The fraction of sp³-hybridized carbons (Fsp3) is 0.481. The number of carbonyl (C=O) groups excluding carboxylic acids is 2. The number of halogens is 1. The minimum Gasteiger partial charge on any atom is -0.334 e. The van der Waals surface area contributed by atoms with Gasteiger partial charge in [0.1, 0.15) is 0 Å².